The lowest BCUT2D eigenvalue weighted by Crippen LogP contribution is -2.08. The zero-order valence-electron chi connectivity index (χ0n) is 14.1. The Morgan fingerprint density at radius 2 is 1.74 bits per heavy atom. The fourth-order valence-corrected chi connectivity index (χ4v) is 2.83. The van der Waals surface area contributed by atoms with Gasteiger partial charge < -0.3 is 15.2 Å². The topological polar surface area (TPSA) is 44.5 Å². The smallest absolute Gasteiger partial charge is 0.164 e. The number of aryl methyl sites for hydroxylation is 2. The van der Waals surface area contributed by atoms with Crippen LogP contribution in [0, 0.1) is 6.92 Å². The van der Waals surface area contributed by atoms with Crippen molar-refractivity contribution >= 4 is 12.4 Å². The quantitative estimate of drug-likeness (QED) is 0.838. The first kappa shape index (κ1) is 19.3. The third-order valence-electron chi connectivity index (χ3n) is 3.91. The van der Waals surface area contributed by atoms with Crippen LogP contribution in [0.1, 0.15) is 22.3 Å². The van der Waals surface area contributed by atoms with Crippen molar-refractivity contribution in [2.75, 3.05) is 20.8 Å². The second-order valence-electron chi connectivity index (χ2n) is 5.47. The predicted octanol–water partition coefficient (Wildman–Crippen LogP) is 3.72. The molecule has 2 aromatic rings. The minimum absolute atomic E-state index is 0. The number of hydrogen-bond acceptors (Lipinski definition) is 3. The van der Waals surface area contributed by atoms with Crippen LogP contribution in [0.5, 0.6) is 11.5 Å². The molecular formula is C19H26ClNO2. The summed E-state index contributed by atoms with van der Waals surface area (Å²) in [5.74, 6) is 1.61. The van der Waals surface area contributed by atoms with Gasteiger partial charge in [0, 0.05) is 5.56 Å². The van der Waals surface area contributed by atoms with Crippen LogP contribution in [0.4, 0.5) is 0 Å². The van der Waals surface area contributed by atoms with E-state index in [-0.39, 0.29) is 12.4 Å². The highest BCUT2D eigenvalue weighted by Gasteiger charge is 2.14. The molecule has 0 aliphatic rings. The molecule has 3 nitrogen and oxygen atoms in total. The molecule has 0 atom stereocenters. The molecule has 0 aromatic heterocycles. The van der Waals surface area contributed by atoms with Crippen LogP contribution in [0.3, 0.4) is 0 Å². The van der Waals surface area contributed by atoms with Gasteiger partial charge in [-0.2, -0.15) is 0 Å². The molecule has 126 valence electrons. The maximum absolute atomic E-state index is 5.75. The molecular weight excluding hydrogens is 310 g/mol. The molecule has 23 heavy (non-hydrogen) atoms. The van der Waals surface area contributed by atoms with Gasteiger partial charge in [-0.15, -0.1) is 12.4 Å². The molecule has 0 unspecified atom stereocenters. The number of halogens is 1. The lowest BCUT2D eigenvalue weighted by molar-refractivity contribution is 0.351. The first-order valence-corrected chi connectivity index (χ1v) is 7.68. The Bertz CT molecular complexity index is 629. The molecule has 0 heterocycles. The lowest BCUT2D eigenvalue weighted by Gasteiger charge is -2.17. The van der Waals surface area contributed by atoms with E-state index >= 15 is 0 Å². The Balaban J connectivity index is 0.00000264. The van der Waals surface area contributed by atoms with E-state index in [1.807, 2.05) is 6.07 Å². The van der Waals surface area contributed by atoms with Crippen molar-refractivity contribution in [2.24, 2.45) is 5.73 Å². The molecule has 0 aliphatic heterocycles. The first-order chi connectivity index (χ1) is 10.7. The standard InChI is InChI=1S/C19H25NO2.ClH/c1-14-5-4-6-15(13-14)7-9-17-16(11-12-20)8-10-18(21-2)19(17)22-3;/h4-6,8,10,13H,7,9,11-12,20H2,1-3H3;1H. The normalized spacial score (nSPS) is 10.1. The maximum Gasteiger partial charge on any atom is 0.164 e. The summed E-state index contributed by atoms with van der Waals surface area (Å²) in [6.45, 7) is 2.75. The van der Waals surface area contributed by atoms with Crippen LogP contribution in [-0.4, -0.2) is 20.8 Å². The van der Waals surface area contributed by atoms with Crippen molar-refractivity contribution in [3.63, 3.8) is 0 Å². The zero-order valence-corrected chi connectivity index (χ0v) is 14.9. The molecule has 0 amide bonds. The zero-order chi connectivity index (χ0) is 15.9. The van der Waals surface area contributed by atoms with Crippen LogP contribution >= 0.6 is 12.4 Å². The highest BCUT2D eigenvalue weighted by Crippen LogP contribution is 2.34. The van der Waals surface area contributed by atoms with E-state index in [0.29, 0.717) is 6.54 Å². The summed E-state index contributed by atoms with van der Waals surface area (Å²) in [5.41, 5.74) is 10.8. The minimum Gasteiger partial charge on any atom is -0.493 e. The number of benzene rings is 2. The van der Waals surface area contributed by atoms with Crippen LogP contribution in [-0.2, 0) is 19.3 Å². The fraction of sp³-hybridized carbons (Fsp3) is 0.368. The van der Waals surface area contributed by atoms with Gasteiger partial charge in [0.1, 0.15) is 0 Å². The van der Waals surface area contributed by atoms with E-state index < -0.39 is 0 Å². The van der Waals surface area contributed by atoms with Gasteiger partial charge in [0.15, 0.2) is 11.5 Å². The van der Waals surface area contributed by atoms with Gasteiger partial charge >= 0.3 is 0 Å². The number of ether oxygens (including phenoxy) is 2. The van der Waals surface area contributed by atoms with Gasteiger partial charge in [0.2, 0.25) is 0 Å². The van der Waals surface area contributed by atoms with E-state index in [9.17, 15) is 0 Å². The van der Waals surface area contributed by atoms with Gasteiger partial charge in [-0.25, -0.2) is 0 Å². The van der Waals surface area contributed by atoms with E-state index in [4.69, 9.17) is 15.2 Å². The maximum atomic E-state index is 5.75. The average molecular weight is 336 g/mol. The average Bonchev–Trinajstić information content (AvgIpc) is 2.53. The molecule has 2 aromatic carbocycles. The van der Waals surface area contributed by atoms with Gasteiger partial charge in [-0.1, -0.05) is 35.9 Å². The van der Waals surface area contributed by atoms with E-state index in [2.05, 4.69) is 37.3 Å². The second-order valence-corrected chi connectivity index (χ2v) is 5.47. The van der Waals surface area contributed by atoms with Crippen LogP contribution in [0.15, 0.2) is 36.4 Å². The van der Waals surface area contributed by atoms with Crippen LogP contribution in [0.2, 0.25) is 0 Å². The van der Waals surface area contributed by atoms with Crippen molar-refractivity contribution in [2.45, 2.75) is 26.2 Å². The molecule has 0 spiro atoms. The molecule has 0 bridgehead atoms. The summed E-state index contributed by atoms with van der Waals surface area (Å²) >= 11 is 0. The van der Waals surface area contributed by atoms with Gasteiger partial charge in [0.05, 0.1) is 14.2 Å². The minimum atomic E-state index is 0. The highest BCUT2D eigenvalue weighted by atomic mass is 35.5. The van der Waals surface area contributed by atoms with Crippen molar-refractivity contribution in [1.29, 1.82) is 0 Å². The SMILES string of the molecule is COc1ccc(CCN)c(CCc2cccc(C)c2)c1OC.Cl. The Hall–Kier alpha value is -1.71. The molecule has 2 rings (SSSR count). The Kier molecular flexibility index (Phi) is 7.93. The Labute approximate surface area is 145 Å². The molecule has 4 heteroatoms. The van der Waals surface area contributed by atoms with Crippen molar-refractivity contribution in [3.8, 4) is 11.5 Å². The van der Waals surface area contributed by atoms with Crippen LogP contribution in [0.25, 0.3) is 0 Å². The highest BCUT2D eigenvalue weighted by molar-refractivity contribution is 5.85. The molecule has 2 N–H and O–H groups in total. The van der Waals surface area contributed by atoms with Gasteiger partial charge in [0.25, 0.3) is 0 Å². The fourth-order valence-electron chi connectivity index (χ4n) is 2.83. The summed E-state index contributed by atoms with van der Waals surface area (Å²) in [4.78, 5) is 0. The number of methoxy groups -OCH3 is 2. The second kappa shape index (κ2) is 9.43. The molecule has 0 saturated carbocycles. The summed E-state index contributed by atoms with van der Waals surface area (Å²) < 4.78 is 11.0. The van der Waals surface area contributed by atoms with E-state index in [1.165, 1.54) is 22.3 Å². The summed E-state index contributed by atoms with van der Waals surface area (Å²) in [6.07, 6.45) is 2.74. The Morgan fingerprint density at radius 3 is 2.35 bits per heavy atom. The number of hydrogen-bond donors (Lipinski definition) is 1. The molecule has 0 saturated heterocycles. The van der Waals surface area contributed by atoms with Crippen molar-refractivity contribution in [3.05, 3.63) is 58.7 Å². The summed E-state index contributed by atoms with van der Waals surface area (Å²) in [7, 11) is 3.37. The van der Waals surface area contributed by atoms with Crippen molar-refractivity contribution < 1.29 is 9.47 Å². The van der Waals surface area contributed by atoms with Gasteiger partial charge in [-0.3, -0.25) is 0 Å². The molecule has 0 aliphatic carbocycles. The largest absolute Gasteiger partial charge is 0.493 e. The third-order valence-corrected chi connectivity index (χ3v) is 3.91. The number of rotatable bonds is 7. The van der Waals surface area contributed by atoms with Crippen molar-refractivity contribution in [1.82, 2.24) is 0 Å². The molecule has 0 radical (unpaired) electrons. The monoisotopic (exact) mass is 335 g/mol. The van der Waals surface area contributed by atoms with E-state index in [0.717, 1.165) is 30.8 Å². The number of nitrogens with two attached hydrogens (primary N) is 1. The third kappa shape index (κ3) is 4.88. The van der Waals surface area contributed by atoms with Gasteiger partial charge in [-0.05, 0) is 49.9 Å². The first-order valence-electron chi connectivity index (χ1n) is 7.68. The summed E-state index contributed by atoms with van der Waals surface area (Å²) in [5, 5.41) is 0. The Morgan fingerprint density at radius 1 is 0.957 bits per heavy atom. The van der Waals surface area contributed by atoms with Crippen LogP contribution < -0.4 is 15.2 Å². The predicted molar refractivity (Wildman–Crippen MR) is 98.1 cm³/mol. The van der Waals surface area contributed by atoms with E-state index in [1.54, 1.807) is 14.2 Å². The molecule has 0 fully saturated rings. The summed E-state index contributed by atoms with van der Waals surface area (Å²) in [6, 6.07) is 12.7. The lowest BCUT2D eigenvalue weighted by atomic mass is 9.96.